The predicted molar refractivity (Wildman–Crippen MR) is 71.2 cm³/mol. The minimum Gasteiger partial charge on any atom is -0.476 e. The molecule has 1 aromatic rings. The standard InChI is InChI=1S/C12H17N3O3S/c16-11(8-4-2-1-3-5-13-8)14-6-10-15-9(7-19-10)12(17)18/h7-8,13H,1-6H2,(H,14,16)(H,17,18). The molecule has 1 atom stereocenters. The number of hydrogen-bond donors (Lipinski definition) is 3. The van der Waals surface area contributed by atoms with Crippen molar-refractivity contribution in [1.29, 1.82) is 0 Å². The molecule has 19 heavy (non-hydrogen) atoms. The zero-order chi connectivity index (χ0) is 13.7. The second-order valence-electron chi connectivity index (χ2n) is 4.51. The fourth-order valence-electron chi connectivity index (χ4n) is 2.03. The van der Waals surface area contributed by atoms with Crippen molar-refractivity contribution in [2.45, 2.75) is 38.3 Å². The Balaban J connectivity index is 1.83. The van der Waals surface area contributed by atoms with Crippen molar-refractivity contribution in [1.82, 2.24) is 15.6 Å². The number of carbonyl (C=O) groups is 2. The molecule has 3 N–H and O–H groups in total. The Labute approximate surface area is 115 Å². The van der Waals surface area contributed by atoms with Crippen LogP contribution in [0, 0.1) is 0 Å². The molecule has 104 valence electrons. The monoisotopic (exact) mass is 283 g/mol. The Morgan fingerprint density at radius 2 is 2.32 bits per heavy atom. The van der Waals surface area contributed by atoms with Crippen molar-refractivity contribution in [2.24, 2.45) is 0 Å². The minimum absolute atomic E-state index is 0.0295. The fourth-order valence-corrected chi connectivity index (χ4v) is 2.74. The predicted octanol–water partition coefficient (Wildman–Crippen LogP) is 0.990. The van der Waals surface area contributed by atoms with Crippen LogP contribution in [-0.4, -0.2) is 34.6 Å². The Morgan fingerprint density at radius 3 is 3.05 bits per heavy atom. The van der Waals surface area contributed by atoms with Crippen LogP contribution in [0.15, 0.2) is 5.38 Å². The van der Waals surface area contributed by atoms with E-state index in [9.17, 15) is 9.59 Å². The van der Waals surface area contributed by atoms with Gasteiger partial charge in [0.25, 0.3) is 0 Å². The van der Waals surface area contributed by atoms with Gasteiger partial charge in [-0.25, -0.2) is 9.78 Å². The van der Waals surface area contributed by atoms with Crippen molar-refractivity contribution in [3.8, 4) is 0 Å². The second kappa shape index (κ2) is 6.63. The summed E-state index contributed by atoms with van der Waals surface area (Å²) < 4.78 is 0. The average Bonchev–Trinajstić information content (AvgIpc) is 2.70. The highest BCUT2D eigenvalue weighted by atomic mass is 32.1. The first-order valence-electron chi connectivity index (χ1n) is 6.35. The Bertz CT molecular complexity index is 453. The number of rotatable bonds is 4. The molecule has 7 heteroatoms. The number of aromatic carboxylic acids is 1. The van der Waals surface area contributed by atoms with E-state index in [-0.39, 0.29) is 24.2 Å². The lowest BCUT2D eigenvalue weighted by Gasteiger charge is -2.14. The lowest BCUT2D eigenvalue weighted by Crippen LogP contribution is -2.43. The van der Waals surface area contributed by atoms with E-state index in [1.807, 2.05) is 0 Å². The number of thiazole rings is 1. The van der Waals surface area contributed by atoms with Crippen molar-refractivity contribution in [2.75, 3.05) is 6.54 Å². The van der Waals surface area contributed by atoms with Gasteiger partial charge in [0.1, 0.15) is 5.01 Å². The Morgan fingerprint density at radius 1 is 1.47 bits per heavy atom. The van der Waals surface area contributed by atoms with Gasteiger partial charge in [-0.15, -0.1) is 11.3 Å². The van der Waals surface area contributed by atoms with Gasteiger partial charge in [-0.3, -0.25) is 4.79 Å². The second-order valence-corrected chi connectivity index (χ2v) is 5.45. The number of nitrogens with zero attached hydrogens (tertiary/aromatic N) is 1. The minimum atomic E-state index is -1.04. The molecule has 1 saturated heterocycles. The molecule has 0 bridgehead atoms. The van der Waals surface area contributed by atoms with Crippen molar-refractivity contribution < 1.29 is 14.7 Å². The summed E-state index contributed by atoms with van der Waals surface area (Å²) >= 11 is 1.24. The zero-order valence-corrected chi connectivity index (χ0v) is 11.3. The van der Waals surface area contributed by atoms with Crippen LogP contribution < -0.4 is 10.6 Å². The highest BCUT2D eigenvalue weighted by molar-refractivity contribution is 7.09. The topological polar surface area (TPSA) is 91.3 Å². The molecule has 0 aromatic carbocycles. The molecule has 1 amide bonds. The van der Waals surface area contributed by atoms with E-state index in [2.05, 4.69) is 15.6 Å². The molecule has 2 heterocycles. The van der Waals surface area contributed by atoms with Gasteiger partial charge in [0, 0.05) is 5.38 Å². The number of carbonyl (C=O) groups excluding carboxylic acids is 1. The first kappa shape index (κ1) is 14.0. The highest BCUT2D eigenvalue weighted by Crippen LogP contribution is 2.11. The third-order valence-electron chi connectivity index (χ3n) is 3.06. The summed E-state index contributed by atoms with van der Waals surface area (Å²) in [6, 6.07) is -0.138. The van der Waals surface area contributed by atoms with Crippen LogP contribution in [0.25, 0.3) is 0 Å². The number of carboxylic acids is 1. The highest BCUT2D eigenvalue weighted by Gasteiger charge is 2.19. The van der Waals surface area contributed by atoms with Gasteiger partial charge in [-0.1, -0.05) is 12.8 Å². The summed E-state index contributed by atoms with van der Waals surface area (Å²) in [6.07, 6.45) is 4.18. The maximum Gasteiger partial charge on any atom is 0.355 e. The van der Waals surface area contributed by atoms with E-state index in [1.54, 1.807) is 0 Å². The van der Waals surface area contributed by atoms with Crippen LogP contribution in [0.3, 0.4) is 0 Å². The maximum atomic E-state index is 12.0. The molecule has 2 rings (SSSR count). The molecular weight excluding hydrogens is 266 g/mol. The Hall–Kier alpha value is -1.47. The van der Waals surface area contributed by atoms with Crippen LogP contribution in [0.4, 0.5) is 0 Å². The van der Waals surface area contributed by atoms with Gasteiger partial charge < -0.3 is 15.7 Å². The zero-order valence-electron chi connectivity index (χ0n) is 10.5. The average molecular weight is 283 g/mol. The van der Waals surface area contributed by atoms with Gasteiger partial charge in [0.15, 0.2) is 5.69 Å². The summed E-state index contributed by atoms with van der Waals surface area (Å²) in [5, 5.41) is 16.9. The molecule has 1 fully saturated rings. The molecule has 0 spiro atoms. The first-order chi connectivity index (χ1) is 9.16. The van der Waals surface area contributed by atoms with Crippen LogP contribution in [-0.2, 0) is 11.3 Å². The van der Waals surface area contributed by atoms with E-state index < -0.39 is 5.97 Å². The number of nitrogens with one attached hydrogen (secondary N) is 2. The number of hydrogen-bond acceptors (Lipinski definition) is 5. The van der Waals surface area contributed by atoms with Gasteiger partial charge in [-0.2, -0.15) is 0 Å². The summed E-state index contributed by atoms with van der Waals surface area (Å²) in [4.78, 5) is 26.6. The molecule has 6 nitrogen and oxygen atoms in total. The van der Waals surface area contributed by atoms with E-state index in [1.165, 1.54) is 16.7 Å². The first-order valence-corrected chi connectivity index (χ1v) is 7.23. The number of carboxylic acid groups (broad SMARTS) is 1. The molecular formula is C12H17N3O3S. The lowest BCUT2D eigenvalue weighted by molar-refractivity contribution is -0.123. The normalized spacial score (nSPS) is 19.7. The molecule has 1 unspecified atom stereocenters. The van der Waals surface area contributed by atoms with Gasteiger partial charge in [0.05, 0.1) is 12.6 Å². The Kier molecular flexibility index (Phi) is 4.86. The lowest BCUT2D eigenvalue weighted by atomic mass is 10.1. The van der Waals surface area contributed by atoms with Crippen LogP contribution in [0.5, 0.6) is 0 Å². The number of amides is 1. The van der Waals surface area contributed by atoms with Crippen LogP contribution in [0.1, 0.15) is 41.2 Å². The van der Waals surface area contributed by atoms with Crippen molar-refractivity contribution in [3.05, 3.63) is 16.1 Å². The quantitative estimate of drug-likeness (QED) is 0.766. The molecule has 0 radical (unpaired) electrons. The smallest absolute Gasteiger partial charge is 0.355 e. The van der Waals surface area contributed by atoms with E-state index in [0.717, 1.165) is 32.2 Å². The summed E-state index contributed by atoms with van der Waals surface area (Å²) in [6.45, 7) is 1.16. The summed E-state index contributed by atoms with van der Waals surface area (Å²) in [7, 11) is 0. The van der Waals surface area contributed by atoms with Gasteiger partial charge >= 0.3 is 5.97 Å². The number of aromatic nitrogens is 1. The van der Waals surface area contributed by atoms with Crippen LogP contribution in [0.2, 0.25) is 0 Å². The third-order valence-corrected chi connectivity index (χ3v) is 3.91. The van der Waals surface area contributed by atoms with Gasteiger partial charge in [-0.05, 0) is 19.4 Å². The summed E-state index contributed by atoms with van der Waals surface area (Å²) in [5.41, 5.74) is 0.0295. The maximum absolute atomic E-state index is 12.0. The van der Waals surface area contributed by atoms with Crippen LogP contribution >= 0.6 is 11.3 Å². The largest absolute Gasteiger partial charge is 0.476 e. The molecule has 1 aliphatic rings. The van der Waals surface area contributed by atoms with Crippen molar-refractivity contribution >= 4 is 23.2 Å². The third kappa shape index (κ3) is 4.00. The summed E-state index contributed by atoms with van der Waals surface area (Å²) in [5.74, 6) is -1.08. The van der Waals surface area contributed by atoms with Gasteiger partial charge in [0.2, 0.25) is 5.91 Å². The SMILES string of the molecule is O=C(O)c1csc(CNC(=O)C2CCCCCN2)n1. The molecule has 1 aliphatic heterocycles. The van der Waals surface area contributed by atoms with Crippen molar-refractivity contribution in [3.63, 3.8) is 0 Å². The van der Waals surface area contributed by atoms with E-state index in [4.69, 9.17) is 5.11 Å². The molecule has 0 saturated carbocycles. The van der Waals surface area contributed by atoms with E-state index in [0.29, 0.717) is 5.01 Å². The molecule has 1 aromatic heterocycles. The fraction of sp³-hybridized carbons (Fsp3) is 0.583. The molecule has 0 aliphatic carbocycles. The van der Waals surface area contributed by atoms with E-state index >= 15 is 0 Å².